The third-order valence-corrected chi connectivity index (χ3v) is 5.77. The number of rotatable bonds is 6. The van der Waals surface area contributed by atoms with Gasteiger partial charge in [-0.15, -0.1) is 0 Å². The Bertz CT molecular complexity index is 1150. The lowest BCUT2D eigenvalue weighted by molar-refractivity contribution is 0.0280. The molecular weight excluding hydrogens is 452 g/mol. The molecule has 0 bridgehead atoms. The molecule has 0 spiro atoms. The summed E-state index contributed by atoms with van der Waals surface area (Å²) in [7, 11) is 0. The Balaban J connectivity index is 1.62. The van der Waals surface area contributed by atoms with Crippen LogP contribution in [0.25, 0.3) is 10.9 Å². The fourth-order valence-electron chi connectivity index (χ4n) is 3.05. The molecule has 0 aliphatic heterocycles. The SMILES string of the molecule is Clc1ccc(C(Cn2ccnc2)OCc2cnc3cc(Cl)ccc3c2Cl)c(Cl)c1. The maximum absolute atomic E-state index is 6.60. The molecule has 29 heavy (non-hydrogen) atoms. The Kier molecular flexibility index (Phi) is 6.28. The second-order valence-corrected chi connectivity index (χ2v) is 8.14. The highest BCUT2D eigenvalue weighted by atomic mass is 35.5. The van der Waals surface area contributed by atoms with Gasteiger partial charge in [0.1, 0.15) is 6.10 Å². The van der Waals surface area contributed by atoms with E-state index in [1.165, 1.54) is 0 Å². The van der Waals surface area contributed by atoms with Crippen LogP contribution in [-0.4, -0.2) is 14.5 Å². The molecule has 4 aromatic rings. The Labute approximate surface area is 188 Å². The molecule has 0 amide bonds. The summed E-state index contributed by atoms with van der Waals surface area (Å²) in [6.45, 7) is 0.804. The van der Waals surface area contributed by atoms with E-state index in [1.807, 2.05) is 22.9 Å². The van der Waals surface area contributed by atoms with Crippen molar-refractivity contribution in [3.63, 3.8) is 0 Å². The summed E-state index contributed by atoms with van der Waals surface area (Å²) in [6, 6.07) is 10.8. The van der Waals surface area contributed by atoms with E-state index >= 15 is 0 Å². The van der Waals surface area contributed by atoms with E-state index in [9.17, 15) is 0 Å². The quantitative estimate of drug-likeness (QED) is 0.307. The number of fused-ring (bicyclic) bond motifs is 1. The number of aromatic nitrogens is 3. The fourth-order valence-corrected chi connectivity index (χ4v) is 4.01. The van der Waals surface area contributed by atoms with Crippen molar-refractivity contribution in [2.24, 2.45) is 0 Å². The van der Waals surface area contributed by atoms with Crippen LogP contribution in [0, 0.1) is 0 Å². The van der Waals surface area contributed by atoms with Crippen LogP contribution in [0.3, 0.4) is 0 Å². The summed E-state index contributed by atoms with van der Waals surface area (Å²) in [4.78, 5) is 8.54. The van der Waals surface area contributed by atoms with Gasteiger partial charge in [-0.25, -0.2) is 4.98 Å². The van der Waals surface area contributed by atoms with Crippen molar-refractivity contribution in [1.29, 1.82) is 0 Å². The number of hydrogen-bond acceptors (Lipinski definition) is 3. The number of pyridine rings is 1. The second-order valence-electron chi connectivity index (χ2n) is 6.48. The molecule has 0 saturated carbocycles. The van der Waals surface area contributed by atoms with E-state index in [2.05, 4.69) is 9.97 Å². The standard InChI is InChI=1S/C21H15Cl4N3O/c22-14-1-3-16(18(24)7-14)20(10-28-6-5-26-12-28)29-11-13-9-27-19-8-15(23)2-4-17(19)21(13)25/h1-9,12,20H,10-11H2. The summed E-state index contributed by atoms with van der Waals surface area (Å²) in [5.41, 5.74) is 2.35. The van der Waals surface area contributed by atoms with Gasteiger partial charge in [0.15, 0.2) is 0 Å². The van der Waals surface area contributed by atoms with Gasteiger partial charge in [-0.3, -0.25) is 4.98 Å². The molecule has 4 rings (SSSR count). The minimum absolute atomic E-state index is 0.267. The summed E-state index contributed by atoms with van der Waals surface area (Å²) >= 11 is 25.1. The van der Waals surface area contributed by atoms with Crippen LogP contribution in [0.4, 0.5) is 0 Å². The van der Waals surface area contributed by atoms with Crippen molar-refractivity contribution in [3.8, 4) is 0 Å². The Morgan fingerprint density at radius 3 is 2.55 bits per heavy atom. The van der Waals surface area contributed by atoms with Crippen LogP contribution >= 0.6 is 46.4 Å². The normalized spacial score (nSPS) is 12.4. The summed E-state index contributed by atoms with van der Waals surface area (Å²) < 4.78 is 8.16. The molecule has 0 saturated heterocycles. The molecule has 2 aromatic carbocycles. The van der Waals surface area contributed by atoms with E-state index < -0.39 is 0 Å². The van der Waals surface area contributed by atoms with Crippen LogP contribution in [0.2, 0.25) is 20.1 Å². The van der Waals surface area contributed by atoms with Crippen LogP contribution < -0.4 is 0 Å². The van der Waals surface area contributed by atoms with Gasteiger partial charge in [0.05, 0.1) is 30.0 Å². The Morgan fingerprint density at radius 2 is 1.79 bits per heavy atom. The summed E-state index contributed by atoms with van der Waals surface area (Å²) in [5.74, 6) is 0. The van der Waals surface area contributed by atoms with Crippen molar-refractivity contribution >= 4 is 57.3 Å². The van der Waals surface area contributed by atoms with Crippen LogP contribution in [0.5, 0.6) is 0 Å². The summed E-state index contributed by atoms with van der Waals surface area (Å²) in [6.07, 6.45) is 6.70. The molecule has 0 fully saturated rings. The fraction of sp³-hybridized carbons (Fsp3) is 0.143. The van der Waals surface area contributed by atoms with Crippen LogP contribution in [-0.2, 0) is 17.9 Å². The van der Waals surface area contributed by atoms with E-state index in [-0.39, 0.29) is 12.7 Å². The highest BCUT2D eigenvalue weighted by molar-refractivity contribution is 6.37. The topological polar surface area (TPSA) is 39.9 Å². The number of ether oxygens (including phenoxy) is 1. The van der Waals surface area contributed by atoms with Gasteiger partial charge >= 0.3 is 0 Å². The molecule has 2 heterocycles. The van der Waals surface area contributed by atoms with E-state index in [1.54, 1.807) is 43.0 Å². The first-order valence-corrected chi connectivity index (χ1v) is 10.3. The molecule has 0 radical (unpaired) electrons. The van der Waals surface area contributed by atoms with Gasteiger partial charge < -0.3 is 9.30 Å². The van der Waals surface area contributed by atoms with Gasteiger partial charge in [-0.1, -0.05) is 52.5 Å². The average molecular weight is 467 g/mol. The zero-order valence-electron chi connectivity index (χ0n) is 15.0. The molecule has 1 atom stereocenters. The number of nitrogens with zero attached hydrogens (tertiary/aromatic N) is 3. The molecule has 4 nitrogen and oxygen atoms in total. The van der Waals surface area contributed by atoms with Gasteiger partial charge in [-0.05, 0) is 30.3 Å². The number of halogens is 4. The smallest absolute Gasteiger partial charge is 0.102 e. The predicted molar refractivity (Wildman–Crippen MR) is 118 cm³/mol. The molecule has 2 aromatic heterocycles. The highest BCUT2D eigenvalue weighted by Gasteiger charge is 2.18. The van der Waals surface area contributed by atoms with E-state index in [0.717, 1.165) is 22.0 Å². The molecule has 8 heteroatoms. The highest BCUT2D eigenvalue weighted by Crippen LogP contribution is 2.32. The summed E-state index contributed by atoms with van der Waals surface area (Å²) in [5, 5.41) is 3.14. The van der Waals surface area contributed by atoms with E-state index in [4.69, 9.17) is 51.1 Å². The number of imidazole rings is 1. The average Bonchev–Trinajstić information content (AvgIpc) is 3.20. The van der Waals surface area contributed by atoms with Crippen molar-refractivity contribution < 1.29 is 4.74 Å². The molecule has 148 valence electrons. The zero-order chi connectivity index (χ0) is 20.4. The number of benzene rings is 2. The Morgan fingerprint density at radius 1 is 1.00 bits per heavy atom. The minimum Gasteiger partial charge on any atom is -0.367 e. The van der Waals surface area contributed by atoms with Crippen LogP contribution in [0.1, 0.15) is 17.2 Å². The zero-order valence-corrected chi connectivity index (χ0v) is 18.1. The lowest BCUT2D eigenvalue weighted by atomic mass is 10.1. The van der Waals surface area contributed by atoms with Gasteiger partial charge in [-0.2, -0.15) is 0 Å². The van der Waals surface area contributed by atoms with Crippen molar-refractivity contribution in [3.05, 3.63) is 92.5 Å². The largest absolute Gasteiger partial charge is 0.367 e. The first-order chi connectivity index (χ1) is 14.0. The third-order valence-electron chi connectivity index (χ3n) is 4.52. The van der Waals surface area contributed by atoms with Crippen molar-refractivity contribution in [1.82, 2.24) is 14.5 Å². The lowest BCUT2D eigenvalue weighted by Crippen LogP contribution is -2.13. The predicted octanol–water partition coefficient (Wildman–Crippen LogP) is 7.00. The van der Waals surface area contributed by atoms with Crippen molar-refractivity contribution in [2.75, 3.05) is 0 Å². The number of hydrogen-bond donors (Lipinski definition) is 0. The monoisotopic (exact) mass is 465 g/mol. The van der Waals surface area contributed by atoms with Crippen LogP contribution in [0.15, 0.2) is 61.3 Å². The third kappa shape index (κ3) is 4.68. The van der Waals surface area contributed by atoms with Gasteiger partial charge in [0, 0.05) is 50.2 Å². The first-order valence-electron chi connectivity index (χ1n) is 8.76. The molecule has 0 aliphatic rings. The van der Waals surface area contributed by atoms with E-state index in [0.29, 0.717) is 26.6 Å². The maximum atomic E-state index is 6.60. The maximum Gasteiger partial charge on any atom is 0.102 e. The minimum atomic E-state index is -0.328. The second kappa shape index (κ2) is 8.90. The van der Waals surface area contributed by atoms with Gasteiger partial charge in [0.2, 0.25) is 0 Å². The lowest BCUT2D eigenvalue weighted by Gasteiger charge is -2.21. The first kappa shape index (κ1) is 20.5. The van der Waals surface area contributed by atoms with Gasteiger partial charge in [0.25, 0.3) is 0 Å². The molecular formula is C21H15Cl4N3O. The van der Waals surface area contributed by atoms with Crippen molar-refractivity contribution in [2.45, 2.75) is 19.3 Å². The molecule has 0 aliphatic carbocycles. The Hall–Kier alpha value is -1.82. The molecule has 0 N–H and O–H groups in total. The molecule has 1 unspecified atom stereocenters.